The van der Waals surface area contributed by atoms with E-state index in [2.05, 4.69) is 27.7 Å². The van der Waals surface area contributed by atoms with Gasteiger partial charge in [0.1, 0.15) is 0 Å². The standard InChI is InChI=1S/C18H26O4/c1-11(2)5-7-13-8-10-15(17(19)20)16(18(21)22)14(13)9-6-12(3)4/h8,10-12H,5-7,9H2,1-4H3,(H,19,20)(H,21,22). The number of benzene rings is 1. The van der Waals surface area contributed by atoms with Crippen LogP contribution in [0.1, 0.15) is 72.4 Å². The maximum atomic E-state index is 11.6. The van der Waals surface area contributed by atoms with Crippen LogP contribution in [0.5, 0.6) is 0 Å². The van der Waals surface area contributed by atoms with E-state index in [9.17, 15) is 19.8 Å². The molecule has 0 amide bonds. The Balaban J connectivity index is 3.34. The Kier molecular flexibility index (Phi) is 6.60. The highest BCUT2D eigenvalue weighted by atomic mass is 16.4. The Morgan fingerprint density at radius 1 is 0.909 bits per heavy atom. The zero-order chi connectivity index (χ0) is 16.9. The second-order valence-electron chi connectivity index (χ2n) is 6.60. The molecule has 0 radical (unpaired) electrons. The van der Waals surface area contributed by atoms with Crippen LogP contribution in [0.4, 0.5) is 0 Å². The highest BCUT2D eigenvalue weighted by molar-refractivity contribution is 6.03. The Morgan fingerprint density at radius 3 is 1.91 bits per heavy atom. The van der Waals surface area contributed by atoms with Crippen molar-refractivity contribution in [3.8, 4) is 0 Å². The minimum Gasteiger partial charge on any atom is -0.478 e. The molecule has 0 fully saturated rings. The predicted octanol–water partition coefficient (Wildman–Crippen LogP) is 4.26. The van der Waals surface area contributed by atoms with E-state index in [1.807, 2.05) is 0 Å². The fourth-order valence-electron chi connectivity index (χ4n) is 2.51. The van der Waals surface area contributed by atoms with Gasteiger partial charge < -0.3 is 10.2 Å². The van der Waals surface area contributed by atoms with Crippen molar-refractivity contribution in [1.82, 2.24) is 0 Å². The van der Waals surface area contributed by atoms with E-state index in [0.29, 0.717) is 23.8 Å². The van der Waals surface area contributed by atoms with Crippen molar-refractivity contribution in [3.63, 3.8) is 0 Å². The molecule has 0 spiro atoms. The number of hydrogen-bond acceptors (Lipinski definition) is 2. The van der Waals surface area contributed by atoms with E-state index in [1.165, 1.54) is 6.07 Å². The smallest absolute Gasteiger partial charge is 0.336 e. The van der Waals surface area contributed by atoms with Crippen LogP contribution < -0.4 is 0 Å². The third kappa shape index (κ3) is 4.86. The molecule has 0 heterocycles. The summed E-state index contributed by atoms with van der Waals surface area (Å²) in [5.74, 6) is -1.38. The van der Waals surface area contributed by atoms with E-state index < -0.39 is 11.9 Å². The molecule has 1 rings (SSSR count). The first kappa shape index (κ1) is 18.2. The average molecular weight is 306 g/mol. The van der Waals surface area contributed by atoms with Crippen molar-refractivity contribution in [1.29, 1.82) is 0 Å². The normalized spacial score (nSPS) is 11.2. The summed E-state index contributed by atoms with van der Waals surface area (Å²) in [4.78, 5) is 22.9. The first-order chi connectivity index (χ1) is 10.2. The third-order valence-corrected chi connectivity index (χ3v) is 3.82. The number of rotatable bonds is 8. The molecule has 4 heteroatoms. The average Bonchev–Trinajstić information content (AvgIpc) is 2.41. The number of carbonyl (C=O) groups is 2. The summed E-state index contributed by atoms with van der Waals surface area (Å²) in [5, 5.41) is 18.8. The fourth-order valence-corrected chi connectivity index (χ4v) is 2.51. The van der Waals surface area contributed by atoms with Gasteiger partial charge in [0.25, 0.3) is 0 Å². The van der Waals surface area contributed by atoms with Crippen LogP contribution in [0.25, 0.3) is 0 Å². The molecule has 2 N–H and O–H groups in total. The van der Waals surface area contributed by atoms with Crippen LogP contribution in [0.3, 0.4) is 0 Å². The van der Waals surface area contributed by atoms with Gasteiger partial charge in [-0.3, -0.25) is 0 Å². The number of carboxylic acids is 2. The van der Waals surface area contributed by atoms with Gasteiger partial charge in [0.15, 0.2) is 0 Å². The molecule has 0 aliphatic heterocycles. The molecule has 22 heavy (non-hydrogen) atoms. The van der Waals surface area contributed by atoms with Gasteiger partial charge in [0.2, 0.25) is 0 Å². The number of aryl methyl sites for hydroxylation is 1. The Bertz CT molecular complexity index is 544. The molecule has 4 nitrogen and oxygen atoms in total. The quantitative estimate of drug-likeness (QED) is 0.752. The first-order valence-corrected chi connectivity index (χ1v) is 7.85. The fraction of sp³-hybridized carbons (Fsp3) is 0.556. The number of aromatic carboxylic acids is 2. The van der Waals surface area contributed by atoms with Crippen molar-refractivity contribution >= 4 is 11.9 Å². The van der Waals surface area contributed by atoms with E-state index in [-0.39, 0.29) is 11.1 Å². The zero-order valence-electron chi connectivity index (χ0n) is 13.8. The second-order valence-corrected chi connectivity index (χ2v) is 6.60. The molecule has 1 aromatic rings. The van der Waals surface area contributed by atoms with Gasteiger partial charge in [-0.25, -0.2) is 9.59 Å². The number of carboxylic acid groups (broad SMARTS) is 2. The van der Waals surface area contributed by atoms with E-state index in [4.69, 9.17) is 0 Å². The van der Waals surface area contributed by atoms with E-state index in [1.54, 1.807) is 6.07 Å². The summed E-state index contributed by atoms with van der Waals surface area (Å²) in [7, 11) is 0. The third-order valence-electron chi connectivity index (χ3n) is 3.82. The van der Waals surface area contributed by atoms with Gasteiger partial charge in [-0.05, 0) is 54.7 Å². The molecule has 0 saturated heterocycles. The van der Waals surface area contributed by atoms with Crippen molar-refractivity contribution in [2.45, 2.75) is 53.4 Å². The lowest BCUT2D eigenvalue weighted by Crippen LogP contribution is -2.14. The molecule has 0 atom stereocenters. The predicted molar refractivity (Wildman–Crippen MR) is 86.7 cm³/mol. The molecular formula is C18H26O4. The summed E-state index contributed by atoms with van der Waals surface area (Å²) in [5.41, 5.74) is 1.52. The summed E-state index contributed by atoms with van der Waals surface area (Å²) in [6.07, 6.45) is 3.19. The Labute approximate surface area is 132 Å². The topological polar surface area (TPSA) is 74.6 Å². The summed E-state index contributed by atoms with van der Waals surface area (Å²) in [6, 6.07) is 3.22. The van der Waals surface area contributed by atoms with Gasteiger partial charge in [0, 0.05) is 0 Å². The molecule has 0 aliphatic carbocycles. The van der Waals surface area contributed by atoms with Crippen molar-refractivity contribution in [3.05, 3.63) is 34.4 Å². The van der Waals surface area contributed by atoms with Crippen LogP contribution in [0.15, 0.2) is 12.1 Å². The summed E-state index contributed by atoms with van der Waals surface area (Å²) < 4.78 is 0. The highest BCUT2D eigenvalue weighted by Crippen LogP contribution is 2.25. The minimum absolute atomic E-state index is 0.0330. The first-order valence-electron chi connectivity index (χ1n) is 7.85. The maximum Gasteiger partial charge on any atom is 0.336 e. The van der Waals surface area contributed by atoms with Gasteiger partial charge in [-0.2, -0.15) is 0 Å². The molecule has 0 aliphatic rings. The van der Waals surface area contributed by atoms with E-state index in [0.717, 1.165) is 24.8 Å². The molecule has 1 aromatic carbocycles. The van der Waals surface area contributed by atoms with Crippen molar-refractivity contribution in [2.24, 2.45) is 11.8 Å². The maximum absolute atomic E-state index is 11.6. The van der Waals surface area contributed by atoms with Gasteiger partial charge in [-0.1, -0.05) is 33.8 Å². The van der Waals surface area contributed by atoms with Crippen LogP contribution in [0, 0.1) is 11.8 Å². The summed E-state index contributed by atoms with van der Waals surface area (Å²) >= 11 is 0. The van der Waals surface area contributed by atoms with Crippen molar-refractivity contribution in [2.75, 3.05) is 0 Å². The second kappa shape index (κ2) is 7.97. The Morgan fingerprint density at radius 2 is 1.45 bits per heavy atom. The van der Waals surface area contributed by atoms with Gasteiger partial charge in [-0.15, -0.1) is 0 Å². The van der Waals surface area contributed by atoms with Crippen LogP contribution in [0.2, 0.25) is 0 Å². The van der Waals surface area contributed by atoms with Crippen LogP contribution >= 0.6 is 0 Å². The molecule has 0 saturated carbocycles. The van der Waals surface area contributed by atoms with Crippen LogP contribution in [-0.4, -0.2) is 22.2 Å². The monoisotopic (exact) mass is 306 g/mol. The SMILES string of the molecule is CC(C)CCc1ccc(C(=O)O)c(C(=O)O)c1CCC(C)C. The summed E-state index contributed by atoms with van der Waals surface area (Å²) in [6.45, 7) is 8.40. The Hall–Kier alpha value is -1.84. The van der Waals surface area contributed by atoms with Gasteiger partial charge in [0.05, 0.1) is 11.1 Å². The zero-order valence-corrected chi connectivity index (χ0v) is 13.8. The molecule has 122 valence electrons. The lowest BCUT2D eigenvalue weighted by atomic mass is 9.88. The lowest BCUT2D eigenvalue weighted by Gasteiger charge is -2.16. The van der Waals surface area contributed by atoms with Gasteiger partial charge >= 0.3 is 11.9 Å². The molecule has 0 aromatic heterocycles. The lowest BCUT2D eigenvalue weighted by molar-refractivity contribution is 0.0650. The van der Waals surface area contributed by atoms with Crippen LogP contribution in [-0.2, 0) is 12.8 Å². The number of hydrogen-bond donors (Lipinski definition) is 2. The molecular weight excluding hydrogens is 280 g/mol. The molecule has 0 bridgehead atoms. The van der Waals surface area contributed by atoms with Crippen molar-refractivity contribution < 1.29 is 19.8 Å². The highest BCUT2D eigenvalue weighted by Gasteiger charge is 2.22. The largest absolute Gasteiger partial charge is 0.478 e. The minimum atomic E-state index is -1.18. The van der Waals surface area contributed by atoms with E-state index >= 15 is 0 Å². The molecule has 0 unspecified atom stereocenters.